The van der Waals surface area contributed by atoms with Crippen LogP contribution in [0.5, 0.6) is 11.5 Å². The van der Waals surface area contributed by atoms with E-state index in [1.807, 2.05) is 0 Å². The van der Waals surface area contributed by atoms with Crippen molar-refractivity contribution in [3.8, 4) is 11.5 Å². The van der Waals surface area contributed by atoms with Crippen molar-refractivity contribution in [3.63, 3.8) is 0 Å². The molecule has 15 heavy (non-hydrogen) atoms. The van der Waals surface area contributed by atoms with Crippen molar-refractivity contribution >= 4 is 5.97 Å². The summed E-state index contributed by atoms with van der Waals surface area (Å²) in [7, 11) is 0. The van der Waals surface area contributed by atoms with Crippen LogP contribution >= 0.6 is 0 Å². The Hall–Kier alpha value is -1.55. The molecule has 0 amide bonds. The van der Waals surface area contributed by atoms with Crippen LogP contribution < -0.4 is 4.74 Å². The maximum Gasteiger partial charge on any atom is 0.311 e. The molecule has 4 nitrogen and oxygen atoms in total. The molecule has 0 unspecified atom stereocenters. The Bertz CT molecular complexity index is 305. The summed E-state index contributed by atoms with van der Waals surface area (Å²) < 4.78 is 4.98. The van der Waals surface area contributed by atoms with Crippen LogP contribution in [0.3, 0.4) is 0 Å². The van der Waals surface area contributed by atoms with Crippen molar-refractivity contribution in [1.82, 2.24) is 0 Å². The van der Waals surface area contributed by atoms with Crippen LogP contribution in [-0.2, 0) is 4.79 Å². The number of hydrogen-bond acceptors (Lipinski definition) is 4. The van der Waals surface area contributed by atoms with Gasteiger partial charge in [0.25, 0.3) is 0 Å². The van der Waals surface area contributed by atoms with Crippen LogP contribution in [0.2, 0.25) is 0 Å². The van der Waals surface area contributed by atoms with Crippen LogP contribution in [-0.4, -0.2) is 22.8 Å². The number of rotatable bonds is 5. The Morgan fingerprint density at radius 1 is 1.20 bits per heavy atom. The number of aliphatic hydroxyl groups is 1. The van der Waals surface area contributed by atoms with Gasteiger partial charge in [0.1, 0.15) is 11.5 Å². The molecular weight excluding hydrogens is 196 g/mol. The van der Waals surface area contributed by atoms with Gasteiger partial charge in [0.05, 0.1) is 0 Å². The minimum absolute atomic E-state index is 0.0898. The van der Waals surface area contributed by atoms with Crippen LogP contribution in [0.4, 0.5) is 0 Å². The minimum atomic E-state index is -0.325. The molecule has 1 aromatic carbocycles. The summed E-state index contributed by atoms with van der Waals surface area (Å²) in [6, 6.07) is 5.96. The van der Waals surface area contributed by atoms with E-state index >= 15 is 0 Å². The fourth-order valence-electron chi connectivity index (χ4n) is 1.08. The van der Waals surface area contributed by atoms with Crippen LogP contribution in [0, 0.1) is 0 Å². The SMILES string of the molecule is O=C(CCCCO)Oc1ccc(O)cc1. The van der Waals surface area contributed by atoms with E-state index in [-0.39, 0.29) is 18.3 Å². The van der Waals surface area contributed by atoms with Gasteiger partial charge >= 0.3 is 5.97 Å². The zero-order chi connectivity index (χ0) is 11.1. The third-order valence-electron chi connectivity index (χ3n) is 1.86. The lowest BCUT2D eigenvalue weighted by molar-refractivity contribution is -0.134. The van der Waals surface area contributed by atoms with Gasteiger partial charge < -0.3 is 14.9 Å². The van der Waals surface area contributed by atoms with E-state index in [4.69, 9.17) is 14.9 Å². The fraction of sp³-hybridized carbons (Fsp3) is 0.364. The molecule has 2 N–H and O–H groups in total. The third-order valence-corrected chi connectivity index (χ3v) is 1.86. The summed E-state index contributed by atoms with van der Waals surface area (Å²) in [6.45, 7) is 0.0898. The first-order valence-corrected chi connectivity index (χ1v) is 4.83. The first-order chi connectivity index (χ1) is 7.22. The zero-order valence-corrected chi connectivity index (χ0v) is 8.35. The van der Waals surface area contributed by atoms with Crippen molar-refractivity contribution in [1.29, 1.82) is 0 Å². The Balaban J connectivity index is 2.34. The highest BCUT2D eigenvalue weighted by molar-refractivity contribution is 5.72. The summed E-state index contributed by atoms with van der Waals surface area (Å²) in [5.41, 5.74) is 0. The summed E-state index contributed by atoms with van der Waals surface area (Å²) in [5, 5.41) is 17.5. The zero-order valence-electron chi connectivity index (χ0n) is 8.35. The number of unbranched alkanes of at least 4 members (excludes halogenated alkanes) is 1. The van der Waals surface area contributed by atoms with Crippen molar-refractivity contribution in [2.24, 2.45) is 0 Å². The minimum Gasteiger partial charge on any atom is -0.508 e. The lowest BCUT2D eigenvalue weighted by Gasteiger charge is -2.03. The highest BCUT2D eigenvalue weighted by atomic mass is 16.5. The molecule has 0 spiro atoms. The Morgan fingerprint density at radius 3 is 2.47 bits per heavy atom. The number of hydrogen-bond donors (Lipinski definition) is 2. The summed E-state index contributed by atoms with van der Waals surface area (Å²) >= 11 is 0. The Kier molecular flexibility index (Phi) is 4.63. The molecule has 0 aliphatic rings. The maximum atomic E-state index is 11.2. The molecule has 0 atom stereocenters. The molecule has 0 bridgehead atoms. The van der Waals surface area contributed by atoms with Gasteiger partial charge in [-0.25, -0.2) is 0 Å². The molecular formula is C11H14O4. The van der Waals surface area contributed by atoms with E-state index in [1.54, 1.807) is 0 Å². The van der Waals surface area contributed by atoms with E-state index in [1.165, 1.54) is 24.3 Å². The molecule has 82 valence electrons. The quantitative estimate of drug-likeness (QED) is 0.438. The molecule has 0 heterocycles. The van der Waals surface area contributed by atoms with Crippen LogP contribution in [0.25, 0.3) is 0 Å². The maximum absolute atomic E-state index is 11.2. The first-order valence-electron chi connectivity index (χ1n) is 4.83. The van der Waals surface area contributed by atoms with E-state index in [9.17, 15) is 4.79 Å². The van der Waals surface area contributed by atoms with Crippen molar-refractivity contribution in [2.75, 3.05) is 6.61 Å². The second-order valence-electron chi connectivity index (χ2n) is 3.15. The fourth-order valence-corrected chi connectivity index (χ4v) is 1.08. The number of carbonyl (C=O) groups excluding carboxylic acids is 1. The average Bonchev–Trinajstić information content (AvgIpc) is 2.22. The predicted molar refractivity (Wildman–Crippen MR) is 54.7 cm³/mol. The molecule has 0 aliphatic carbocycles. The number of benzene rings is 1. The molecule has 0 fully saturated rings. The van der Waals surface area contributed by atoms with E-state index in [0.717, 1.165) is 0 Å². The van der Waals surface area contributed by atoms with Gasteiger partial charge in [-0.15, -0.1) is 0 Å². The highest BCUT2D eigenvalue weighted by Gasteiger charge is 2.03. The number of aliphatic hydroxyl groups excluding tert-OH is 1. The van der Waals surface area contributed by atoms with Crippen molar-refractivity contribution < 1.29 is 19.7 Å². The third kappa shape index (κ3) is 4.46. The van der Waals surface area contributed by atoms with Gasteiger partial charge in [-0.3, -0.25) is 4.79 Å². The molecule has 0 saturated carbocycles. The average molecular weight is 210 g/mol. The highest BCUT2D eigenvalue weighted by Crippen LogP contribution is 2.16. The van der Waals surface area contributed by atoms with E-state index < -0.39 is 0 Å². The van der Waals surface area contributed by atoms with E-state index in [2.05, 4.69) is 0 Å². The molecule has 0 saturated heterocycles. The molecule has 0 aromatic heterocycles. The van der Waals surface area contributed by atoms with Gasteiger partial charge in [-0.2, -0.15) is 0 Å². The lowest BCUT2D eigenvalue weighted by Crippen LogP contribution is -2.07. The van der Waals surface area contributed by atoms with Gasteiger partial charge in [0, 0.05) is 13.0 Å². The number of ether oxygens (including phenoxy) is 1. The van der Waals surface area contributed by atoms with Crippen molar-refractivity contribution in [2.45, 2.75) is 19.3 Å². The van der Waals surface area contributed by atoms with Gasteiger partial charge in [-0.1, -0.05) is 0 Å². The predicted octanol–water partition coefficient (Wildman–Crippen LogP) is 1.46. The van der Waals surface area contributed by atoms with Crippen LogP contribution in [0.1, 0.15) is 19.3 Å². The summed E-state index contributed by atoms with van der Waals surface area (Å²) in [5.74, 6) is 0.228. The molecule has 0 radical (unpaired) electrons. The molecule has 4 heteroatoms. The smallest absolute Gasteiger partial charge is 0.311 e. The topological polar surface area (TPSA) is 66.8 Å². The Labute approximate surface area is 88.1 Å². The summed E-state index contributed by atoms with van der Waals surface area (Å²) in [6.07, 6.45) is 1.51. The molecule has 1 rings (SSSR count). The monoisotopic (exact) mass is 210 g/mol. The Morgan fingerprint density at radius 2 is 1.87 bits per heavy atom. The number of aromatic hydroxyl groups is 1. The summed E-state index contributed by atoms with van der Waals surface area (Å²) in [4.78, 5) is 11.2. The second-order valence-corrected chi connectivity index (χ2v) is 3.15. The number of esters is 1. The number of carbonyl (C=O) groups is 1. The second kappa shape index (κ2) is 6.03. The molecule has 1 aromatic rings. The van der Waals surface area contributed by atoms with Gasteiger partial charge in [-0.05, 0) is 37.1 Å². The van der Waals surface area contributed by atoms with Gasteiger partial charge in [0.15, 0.2) is 0 Å². The number of phenols is 1. The normalized spacial score (nSPS) is 9.93. The number of phenolic OH excluding ortho intramolecular Hbond substituents is 1. The first kappa shape index (κ1) is 11.5. The van der Waals surface area contributed by atoms with E-state index in [0.29, 0.717) is 25.0 Å². The van der Waals surface area contributed by atoms with Crippen LogP contribution in [0.15, 0.2) is 24.3 Å². The van der Waals surface area contributed by atoms with Crippen molar-refractivity contribution in [3.05, 3.63) is 24.3 Å². The molecule has 0 aliphatic heterocycles. The lowest BCUT2D eigenvalue weighted by atomic mass is 10.2. The van der Waals surface area contributed by atoms with Gasteiger partial charge in [0.2, 0.25) is 0 Å². The largest absolute Gasteiger partial charge is 0.508 e. The standard InChI is InChI=1S/C11H14O4/c12-8-2-1-3-11(14)15-10-6-4-9(13)5-7-10/h4-7,12-13H,1-3,8H2.